The van der Waals surface area contributed by atoms with E-state index in [-0.39, 0.29) is 37.3 Å². The van der Waals surface area contributed by atoms with E-state index in [1.54, 1.807) is 108 Å². The maximum absolute atomic E-state index is 15.8. The van der Waals surface area contributed by atoms with E-state index in [0.717, 1.165) is 11.4 Å². The molecule has 1 spiro atoms. The quantitative estimate of drug-likeness (QED) is 0.0381. The number of nitrogens with zero attached hydrogens (tertiary/aromatic N) is 2. The molecule has 3 saturated carbocycles. The highest BCUT2D eigenvalue weighted by molar-refractivity contribution is 8.76. The van der Waals surface area contributed by atoms with Gasteiger partial charge in [-0.1, -0.05) is 85.7 Å². The predicted molar refractivity (Wildman–Crippen MR) is 280 cm³/mol. The minimum absolute atomic E-state index is 0.106. The molecule has 410 valence electrons. The van der Waals surface area contributed by atoms with Crippen molar-refractivity contribution in [3.05, 3.63) is 107 Å². The number of benzene rings is 2. The van der Waals surface area contributed by atoms with Gasteiger partial charge in [-0.2, -0.15) is 0 Å². The Balaban J connectivity index is 1.24. The molecule has 8 rings (SSSR count). The van der Waals surface area contributed by atoms with Crippen LogP contribution in [0, 0.1) is 16.2 Å². The van der Waals surface area contributed by atoms with Crippen LogP contribution in [0.5, 0.6) is 0 Å². The van der Waals surface area contributed by atoms with Gasteiger partial charge in [-0.05, 0) is 92.8 Å². The zero-order chi connectivity index (χ0) is 55.0. The lowest BCUT2D eigenvalue weighted by Gasteiger charge is -2.86. The Labute approximate surface area is 451 Å². The van der Waals surface area contributed by atoms with E-state index in [1.807, 2.05) is 25.1 Å². The Morgan fingerprint density at radius 3 is 2.22 bits per heavy atom. The fourth-order valence-electron chi connectivity index (χ4n) is 13.1. The zero-order valence-corrected chi connectivity index (χ0v) is 46.3. The highest BCUT2D eigenvalue weighted by atomic mass is 33.1. The Hall–Kier alpha value is -5.51. The summed E-state index contributed by atoms with van der Waals surface area (Å²) in [4.78, 5) is 93.6. The van der Waals surface area contributed by atoms with Crippen LogP contribution >= 0.6 is 21.6 Å². The van der Waals surface area contributed by atoms with E-state index in [1.165, 1.54) is 47.6 Å². The molecule has 76 heavy (non-hydrogen) atoms. The van der Waals surface area contributed by atoms with Crippen LogP contribution in [0.4, 0.5) is 9.59 Å². The lowest BCUT2D eigenvalue weighted by molar-refractivity contribution is -0.473. The van der Waals surface area contributed by atoms with Gasteiger partial charge in [-0.3, -0.25) is 9.59 Å². The number of aliphatic hydroxyl groups is 1. The molecule has 0 radical (unpaired) electrons. The van der Waals surface area contributed by atoms with Crippen molar-refractivity contribution in [2.75, 3.05) is 39.7 Å². The molecule has 1 saturated heterocycles. The molecule has 2 unspecified atom stereocenters. The monoisotopic (exact) mass is 1090 g/mol. The summed E-state index contributed by atoms with van der Waals surface area (Å²) >= 11 is 0. The van der Waals surface area contributed by atoms with Gasteiger partial charge in [0, 0.05) is 64.4 Å². The van der Waals surface area contributed by atoms with Gasteiger partial charge in [0.05, 0.1) is 29.1 Å². The van der Waals surface area contributed by atoms with Crippen molar-refractivity contribution < 1.29 is 71.8 Å². The van der Waals surface area contributed by atoms with Gasteiger partial charge in [0.1, 0.15) is 46.7 Å². The van der Waals surface area contributed by atoms with E-state index < -0.39 is 118 Å². The van der Waals surface area contributed by atoms with Crippen LogP contribution < -0.4 is 5.32 Å². The molecule has 1 aliphatic heterocycles. The summed E-state index contributed by atoms with van der Waals surface area (Å²) in [5.41, 5.74) is -8.96. The number of aromatic nitrogens is 1. The van der Waals surface area contributed by atoms with Crippen molar-refractivity contribution in [3.63, 3.8) is 0 Å². The number of esters is 3. The summed E-state index contributed by atoms with van der Waals surface area (Å²) in [6.45, 7) is 13.6. The predicted octanol–water partition coefficient (Wildman–Crippen LogP) is 8.01. The number of carbonyl (C=O) groups is 6. The fraction of sp³-hybridized carbons (Fsp3) is 0.554. The standard InChI is InChI=1S/C56H69N3O15S2/c1-11-12-27-59(28-29-75-76-40-25-19-20-26-57-40)50(65)71-44(42(35-21-15-13-16-22-35)58-49(64)74-51(4,5)6)47(63)70-37-31-54(66)48(72-46(62)36-23-17-14-18-24-36)56-52(7,45(61)43(68-10)41(33(37)2)53(54,56)8)38(67-9)30-39-55(56,32-69-39)73-34(3)60/h13-26,37-39,42-44,48,66H,11-12,27-32H2,1-10H3,(H,58,64)/t37-,38-,39+,42-,43+,44+,48+,52-,53?,54+,55-,56?/m0/s1. The summed E-state index contributed by atoms with van der Waals surface area (Å²) in [5, 5.41) is 17.5. The van der Waals surface area contributed by atoms with Crippen LogP contribution in [0.2, 0.25) is 0 Å². The average molecular weight is 1090 g/mol. The number of rotatable bonds is 19. The first-order valence-electron chi connectivity index (χ1n) is 25.6. The number of alkyl carbamates (subject to hydrolysis) is 1. The third kappa shape index (κ3) is 9.37. The van der Waals surface area contributed by atoms with Gasteiger partial charge >= 0.3 is 30.1 Å². The van der Waals surface area contributed by atoms with E-state index in [9.17, 15) is 24.3 Å². The second-order valence-electron chi connectivity index (χ2n) is 21.4. The van der Waals surface area contributed by atoms with E-state index in [2.05, 4.69) is 10.3 Å². The number of ketones is 1. The topological polar surface area (TPSA) is 225 Å². The molecule has 0 bridgehead atoms. The number of Topliss-reactive ketones (excluding diaryl/α,β-unsaturated/α-hetero) is 1. The highest BCUT2D eigenvalue weighted by Crippen LogP contribution is 2.86. The molecule has 2 aromatic carbocycles. The van der Waals surface area contributed by atoms with Crippen LogP contribution in [-0.4, -0.2) is 144 Å². The summed E-state index contributed by atoms with van der Waals surface area (Å²) in [6.07, 6.45) is -7.22. The molecule has 4 fully saturated rings. The number of hydrogen-bond acceptors (Lipinski definition) is 18. The number of pyridine rings is 1. The molecule has 3 aromatic rings. The van der Waals surface area contributed by atoms with Gasteiger partial charge in [0.15, 0.2) is 11.4 Å². The normalized spacial score (nSPS) is 30.8. The number of fused-ring (bicyclic) bond motifs is 1. The summed E-state index contributed by atoms with van der Waals surface area (Å²) in [6, 6.07) is 20.7. The Morgan fingerprint density at radius 2 is 1.63 bits per heavy atom. The van der Waals surface area contributed by atoms with E-state index in [4.69, 9.17) is 37.9 Å². The van der Waals surface area contributed by atoms with Crippen LogP contribution in [0.15, 0.2) is 101 Å². The Bertz CT molecular complexity index is 2690. The maximum Gasteiger partial charge on any atom is 0.410 e. The third-order valence-corrected chi connectivity index (χ3v) is 18.5. The van der Waals surface area contributed by atoms with Gasteiger partial charge in [0.2, 0.25) is 6.10 Å². The van der Waals surface area contributed by atoms with Crippen molar-refractivity contribution in [1.29, 1.82) is 0 Å². The average Bonchev–Trinajstić information content (AvgIpc) is 1.93. The summed E-state index contributed by atoms with van der Waals surface area (Å²) in [5.74, 6) is -2.71. The second kappa shape index (κ2) is 22.1. The zero-order valence-electron chi connectivity index (χ0n) is 44.7. The van der Waals surface area contributed by atoms with Gasteiger partial charge in [-0.15, -0.1) is 0 Å². The first kappa shape index (κ1) is 56.7. The number of unbranched alkanes of at least 4 members (excludes halogenated alkanes) is 1. The minimum atomic E-state index is -2.21. The molecular formula is C56H69N3O15S2. The van der Waals surface area contributed by atoms with E-state index >= 15 is 9.59 Å². The Morgan fingerprint density at radius 1 is 0.947 bits per heavy atom. The van der Waals surface area contributed by atoms with Crippen LogP contribution in [0.3, 0.4) is 0 Å². The second-order valence-corrected chi connectivity index (χ2v) is 23.8. The lowest BCUT2D eigenvalue weighted by atomic mass is 9.20. The van der Waals surface area contributed by atoms with Crippen LogP contribution in [0.1, 0.15) is 103 Å². The van der Waals surface area contributed by atoms with Gasteiger partial charge in [0.25, 0.3) is 0 Å². The van der Waals surface area contributed by atoms with Crippen LogP contribution in [-0.2, 0) is 52.3 Å². The molecule has 2 N–H and O–H groups in total. The number of methoxy groups -OCH3 is 2. The summed E-state index contributed by atoms with van der Waals surface area (Å²) in [7, 11) is 5.75. The third-order valence-electron chi connectivity index (χ3n) is 16.2. The summed E-state index contributed by atoms with van der Waals surface area (Å²) < 4.78 is 50.1. The first-order valence-corrected chi connectivity index (χ1v) is 27.9. The van der Waals surface area contributed by atoms with Crippen molar-refractivity contribution in [1.82, 2.24) is 15.2 Å². The van der Waals surface area contributed by atoms with Crippen molar-refractivity contribution >= 4 is 57.5 Å². The number of hydrogen-bond donors (Lipinski definition) is 2. The number of carbonyl (C=O) groups excluding carboxylic acids is 6. The molecule has 2 heterocycles. The molecule has 20 heteroatoms. The number of amides is 2. The number of ether oxygens (including phenoxy) is 8. The largest absolute Gasteiger partial charge is 0.455 e. The maximum atomic E-state index is 15.8. The highest BCUT2D eigenvalue weighted by Gasteiger charge is 2.99. The first-order chi connectivity index (χ1) is 36.1. The van der Waals surface area contributed by atoms with Crippen molar-refractivity contribution in [3.8, 4) is 0 Å². The van der Waals surface area contributed by atoms with Gasteiger partial charge < -0.3 is 53.2 Å². The molecule has 12 atom stereocenters. The fourth-order valence-corrected chi connectivity index (χ4v) is 15.0. The molecular weight excluding hydrogens is 1020 g/mol. The molecule has 2 amide bonds. The molecule has 5 aliphatic rings. The number of nitrogens with one attached hydrogen (secondary N) is 1. The lowest BCUT2D eigenvalue weighted by Crippen LogP contribution is -3.00. The Kier molecular flexibility index (Phi) is 16.5. The minimum Gasteiger partial charge on any atom is -0.455 e. The van der Waals surface area contributed by atoms with E-state index in [0.29, 0.717) is 23.3 Å². The molecule has 1 aromatic heterocycles. The van der Waals surface area contributed by atoms with Gasteiger partial charge in [-0.25, -0.2) is 24.2 Å². The molecule has 18 nitrogen and oxygen atoms in total. The van der Waals surface area contributed by atoms with Crippen molar-refractivity contribution in [2.24, 2.45) is 16.2 Å². The van der Waals surface area contributed by atoms with Crippen molar-refractivity contribution in [2.45, 2.75) is 146 Å². The van der Waals surface area contributed by atoms with Crippen LogP contribution in [0.25, 0.3) is 0 Å². The SMILES string of the molecule is CCCCN(CCSSc1ccccn1)C(=O)O[C@@H](C(=O)O[C@H]1C[C@@]2(O)[C@@H](OC(=O)c3ccccc3)C34C2(C)C(=C1C)[C@@H](OC)C(=O)[C@]3(C)[C@@H](OC)C[C@H]1OC[C@]14OC(C)=O)[C@@H](NC(=O)OC(C)(C)C)c1ccccc1. The smallest absolute Gasteiger partial charge is 0.410 e. The molecule has 4 aliphatic carbocycles.